The topological polar surface area (TPSA) is 83.9 Å². The van der Waals surface area contributed by atoms with Crippen molar-refractivity contribution >= 4 is 17.7 Å². The zero-order chi connectivity index (χ0) is 20.3. The van der Waals surface area contributed by atoms with Crippen LogP contribution in [-0.2, 0) is 11.3 Å². The van der Waals surface area contributed by atoms with E-state index in [1.807, 2.05) is 18.4 Å². The van der Waals surface area contributed by atoms with Crippen molar-refractivity contribution < 1.29 is 9.18 Å². The summed E-state index contributed by atoms with van der Waals surface area (Å²) in [5, 5.41) is 12.1. The number of hydrogen-bond acceptors (Lipinski definition) is 6. The standard InChI is InChI=1S/C19H27FN6OS/c1-11(2)9-26-18(14-7-5-6-8-15(14)20)24-25-19(26)28-10-16(27)21-17-12(3)22-23-13(17)4/h5-8,11-13,17,22-23H,9-10H2,1-4H3,(H,21,27). The highest BCUT2D eigenvalue weighted by Gasteiger charge is 2.31. The van der Waals surface area contributed by atoms with Gasteiger partial charge in [-0.15, -0.1) is 10.2 Å². The van der Waals surface area contributed by atoms with Crippen LogP contribution in [0, 0.1) is 11.7 Å². The molecule has 1 aliphatic rings. The van der Waals surface area contributed by atoms with Crippen LogP contribution >= 0.6 is 11.8 Å². The Bertz CT molecular complexity index is 817. The van der Waals surface area contributed by atoms with Crippen LogP contribution in [0.1, 0.15) is 27.7 Å². The fourth-order valence-electron chi connectivity index (χ4n) is 3.25. The lowest BCUT2D eigenvalue weighted by Gasteiger charge is -2.19. The molecule has 28 heavy (non-hydrogen) atoms. The molecule has 152 valence electrons. The van der Waals surface area contributed by atoms with Crippen molar-refractivity contribution in [2.45, 2.75) is 57.5 Å². The SMILES string of the molecule is CC(C)Cn1c(SCC(=O)NC2C(C)NNC2C)nnc1-c1ccccc1F. The Morgan fingerprint density at radius 3 is 2.57 bits per heavy atom. The average molecular weight is 407 g/mol. The molecule has 7 nitrogen and oxygen atoms in total. The fourth-order valence-corrected chi connectivity index (χ4v) is 4.01. The summed E-state index contributed by atoms with van der Waals surface area (Å²) in [5.74, 6) is 0.640. The lowest BCUT2D eigenvalue weighted by Crippen LogP contribution is -2.47. The van der Waals surface area contributed by atoms with E-state index < -0.39 is 0 Å². The molecule has 9 heteroatoms. The molecule has 2 aromatic rings. The number of rotatable bonds is 7. The van der Waals surface area contributed by atoms with Crippen molar-refractivity contribution in [1.82, 2.24) is 30.9 Å². The molecule has 3 rings (SSSR count). The van der Waals surface area contributed by atoms with E-state index >= 15 is 0 Å². The second kappa shape index (κ2) is 9.02. The van der Waals surface area contributed by atoms with Crippen molar-refractivity contribution in [2.75, 3.05) is 5.75 Å². The first-order chi connectivity index (χ1) is 13.4. The predicted octanol–water partition coefficient (Wildman–Crippen LogP) is 2.20. The average Bonchev–Trinajstić information content (AvgIpc) is 3.18. The van der Waals surface area contributed by atoms with Gasteiger partial charge < -0.3 is 9.88 Å². The number of halogens is 1. The predicted molar refractivity (Wildman–Crippen MR) is 108 cm³/mol. The lowest BCUT2D eigenvalue weighted by molar-refractivity contribution is -0.119. The van der Waals surface area contributed by atoms with E-state index in [1.165, 1.54) is 17.8 Å². The minimum absolute atomic E-state index is 0.0237. The smallest absolute Gasteiger partial charge is 0.230 e. The summed E-state index contributed by atoms with van der Waals surface area (Å²) in [5.41, 5.74) is 6.66. The van der Waals surface area contributed by atoms with Crippen LogP contribution < -0.4 is 16.2 Å². The molecule has 2 atom stereocenters. The molecule has 0 radical (unpaired) electrons. The lowest BCUT2D eigenvalue weighted by atomic mass is 10.1. The van der Waals surface area contributed by atoms with Crippen LogP contribution in [0.5, 0.6) is 0 Å². The maximum Gasteiger partial charge on any atom is 0.230 e. The Hall–Kier alpha value is -1.97. The van der Waals surface area contributed by atoms with Crippen LogP contribution in [0.15, 0.2) is 29.4 Å². The minimum atomic E-state index is -0.335. The third-order valence-corrected chi connectivity index (χ3v) is 5.62. The van der Waals surface area contributed by atoms with Gasteiger partial charge in [0.05, 0.1) is 17.4 Å². The summed E-state index contributed by atoms with van der Waals surface area (Å²) in [6.07, 6.45) is 0. The minimum Gasteiger partial charge on any atom is -0.349 e. The molecule has 1 saturated heterocycles. The zero-order valence-electron chi connectivity index (χ0n) is 16.6. The van der Waals surface area contributed by atoms with Crippen LogP contribution in [0.4, 0.5) is 4.39 Å². The summed E-state index contributed by atoms with van der Waals surface area (Å²) in [6, 6.07) is 6.87. The Kier molecular flexibility index (Phi) is 6.69. The molecule has 1 aromatic heterocycles. The normalized spacial score (nSPS) is 22.0. The molecule has 0 saturated carbocycles. The highest BCUT2D eigenvalue weighted by Crippen LogP contribution is 2.27. The summed E-state index contributed by atoms with van der Waals surface area (Å²) < 4.78 is 16.1. The highest BCUT2D eigenvalue weighted by molar-refractivity contribution is 7.99. The Balaban J connectivity index is 1.73. The number of carbonyl (C=O) groups excluding carboxylic acids is 1. The Morgan fingerprint density at radius 1 is 1.25 bits per heavy atom. The number of hydrazine groups is 1. The number of amides is 1. The van der Waals surface area contributed by atoms with E-state index in [0.29, 0.717) is 29.0 Å². The maximum absolute atomic E-state index is 14.3. The van der Waals surface area contributed by atoms with Crippen molar-refractivity contribution in [2.24, 2.45) is 5.92 Å². The number of thioether (sulfide) groups is 1. The fraction of sp³-hybridized carbons (Fsp3) is 0.526. The highest BCUT2D eigenvalue weighted by atomic mass is 32.2. The summed E-state index contributed by atoms with van der Waals surface area (Å²) in [7, 11) is 0. The van der Waals surface area contributed by atoms with E-state index in [1.54, 1.807) is 18.2 Å². The van der Waals surface area contributed by atoms with Crippen LogP contribution in [-0.4, -0.2) is 44.6 Å². The van der Waals surface area contributed by atoms with Gasteiger partial charge in [0.2, 0.25) is 5.91 Å². The first-order valence-electron chi connectivity index (χ1n) is 9.48. The molecule has 1 aromatic carbocycles. The second-order valence-electron chi connectivity index (χ2n) is 7.54. The van der Waals surface area contributed by atoms with Gasteiger partial charge in [0.25, 0.3) is 0 Å². The van der Waals surface area contributed by atoms with Gasteiger partial charge in [-0.05, 0) is 31.9 Å². The molecule has 2 heterocycles. The summed E-state index contributed by atoms with van der Waals surface area (Å²) in [4.78, 5) is 12.4. The van der Waals surface area contributed by atoms with Gasteiger partial charge in [-0.25, -0.2) is 4.39 Å². The van der Waals surface area contributed by atoms with Crippen molar-refractivity contribution in [3.8, 4) is 11.4 Å². The molecular formula is C19H27FN6OS. The number of hydrogen-bond donors (Lipinski definition) is 3. The number of aromatic nitrogens is 3. The second-order valence-corrected chi connectivity index (χ2v) is 8.48. The molecule has 3 N–H and O–H groups in total. The van der Waals surface area contributed by atoms with Gasteiger partial charge in [-0.2, -0.15) is 0 Å². The molecular weight excluding hydrogens is 379 g/mol. The number of nitrogens with one attached hydrogen (secondary N) is 3. The monoisotopic (exact) mass is 406 g/mol. The first kappa shape index (κ1) is 20.8. The number of nitrogens with zero attached hydrogens (tertiary/aromatic N) is 3. The molecule has 1 fully saturated rings. The third-order valence-electron chi connectivity index (χ3n) is 4.66. The Morgan fingerprint density at radius 2 is 1.93 bits per heavy atom. The zero-order valence-corrected chi connectivity index (χ0v) is 17.4. The van der Waals surface area contributed by atoms with Gasteiger partial charge in [0.15, 0.2) is 11.0 Å². The van der Waals surface area contributed by atoms with Crippen LogP contribution in [0.25, 0.3) is 11.4 Å². The van der Waals surface area contributed by atoms with Gasteiger partial charge in [-0.3, -0.25) is 15.6 Å². The van der Waals surface area contributed by atoms with Gasteiger partial charge in [0.1, 0.15) is 5.82 Å². The van der Waals surface area contributed by atoms with E-state index in [4.69, 9.17) is 0 Å². The Labute approximate surface area is 168 Å². The maximum atomic E-state index is 14.3. The van der Waals surface area contributed by atoms with Gasteiger partial charge >= 0.3 is 0 Å². The van der Waals surface area contributed by atoms with E-state index in [9.17, 15) is 9.18 Å². The summed E-state index contributed by atoms with van der Waals surface area (Å²) >= 11 is 1.32. The van der Waals surface area contributed by atoms with Crippen LogP contribution in [0.2, 0.25) is 0 Å². The van der Waals surface area contributed by atoms with Crippen molar-refractivity contribution in [1.29, 1.82) is 0 Å². The molecule has 1 aliphatic heterocycles. The largest absolute Gasteiger partial charge is 0.349 e. The molecule has 1 amide bonds. The molecule has 0 aliphatic carbocycles. The van der Waals surface area contributed by atoms with E-state index in [-0.39, 0.29) is 35.6 Å². The molecule has 0 spiro atoms. The van der Waals surface area contributed by atoms with Gasteiger partial charge in [-0.1, -0.05) is 37.7 Å². The van der Waals surface area contributed by atoms with Crippen molar-refractivity contribution in [3.05, 3.63) is 30.1 Å². The third kappa shape index (κ3) is 4.71. The molecule has 2 unspecified atom stereocenters. The van der Waals surface area contributed by atoms with Gasteiger partial charge in [0, 0.05) is 18.6 Å². The number of benzene rings is 1. The van der Waals surface area contributed by atoms with Crippen LogP contribution in [0.3, 0.4) is 0 Å². The molecule has 0 bridgehead atoms. The van der Waals surface area contributed by atoms with E-state index in [2.05, 4.69) is 40.2 Å². The van der Waals surface area contributed by atoms with Crippen molar-refractivity contribution in [3.63, 3.8) is 0 Å². The first-order valence-corrected chi connectivity index (χ1v) is 10.5. The number of carbonyl (C=O) groups is 1. The van der Waals surface area contributed by atoms with E-state index in [0.717, 1.165) is 0 Å². The quantitative estimate of drug-likeness (QED) is 0.612. The summed E-state index contributed by atoms with van der Waals surface area (Å²) in [6.45, 7) is 8.85.